The third-order valence-electron chi connectivity index (χ3n) is 9.46. The lowest BCUT2D eigenvalue weighted by Gasteiger charge is -2.31. The predicted molar refractivity (Wildman–Crippen MR) is 218 cm³/mol. The summed E-state index contributed by atoms with van der Waals surface area (Å²) in [6, 6.07) is -8.98. The van der Waals surface area contributed by atoms with E-state index in [0.29, 0.717) is 17.9 Å². The van der Waals surface area contributed by atoms with Crippen LogP contribution in [0.5, 0.6) is 0 Å². The average Bonchev–Trinajstić information content (AvgIpc) is 3.87. The van der Waals surface area contributed by atoms with Gasteiger partial charge in [0.1, 0.15) is 42.3 Å². The maximum atomic E-state index is 14.3. The summed E-state index contributed by atoms with van der Waals surface area (Å²) in [6.07, 6.45) is 2.97. The predicted octanol–water partition coefficient (Wildman–Crippen LogP) is -3.61. The minimum atomic E-state index is -1.55. The number of nitrogens with two attached hydrogens (primary N) is 3. The molecule has 0 aromatic carbocycles. The SMILES string of the molecule is CSCC[C@H](NC(=O)[C@@H](NC(=O)[C@@H](N)[C@@H](C)O)[C@@H](C)O)C(=O)N[C@@H](Cc1cnc[nH]1)C(=O)N1CCC[C@H]1C(=O)N[C@@H](CCCN=C(N)N)C(=O)N[C@@H](CC(C)C)C(=O)O. The molecule has 1 aliphatic heterocycles. The van der Waals surface area contributed by atoms with Crippen LogP contribution >= 0.6 is 11.8 Å². The lowest BCUT2D eigenvalue weighted by Crippen LogP contribution is -2.61. The first-order valence-electron chi connectivity index (χ1n) is 19.5. The smallest absolute Gasteiger partial charge is 0.326 e. The Morgan fingerprint density at radius 3 is 2.07 bits per heavy atom. The Hall–Kier alpha value is -5.00. The number of aliphatic hydroxyl groups is 2. The summed E-state index contributed by atoms with van der Waals surface area (Å²) in [5.74, 6) is -5.74. The second-order valence-corrected chi connectivity index (χ2v) is 15.9. The molecule has 0 radical (unpaired) electrons. The minimum absolute atomic E-state index is 0.0393. The van der Waals surface area contributed by atoms with Crippen LogP contribution in [-0.4, -0.2) is 157 Å². The summed E-state index contributed by atoms with van der Waals surface area (Å²) in [7, 11) is 0. The van der Waals surface area contributed by atoms with Crippen LogP contribution < -0.4 is 43.8 Å². The van der Waals surface area contributed by atoms with E-state index in [1.807, 2.05) is 0 Å². The van der Waals surface area contributed by atoms with Crippen molar-refractivity contribution in [1.82, 2.24) is 41.5 Å². The topological polar surface area (TPSA) is 363 Å². The summed E-state index contributed by atoms with van der Waals surface area (Å²) >= 11 is 1.38. The molecule has 2 heterocycles. The van der Waals surface area contributed by atoms with Gasteiger partial charge in [0.15, 0.2) is 5.96 Å². The van der Waals surface area contributed by atoms with Gasteiger partial charge in [-0.1, -0.05) is 13.8 Å². The molecule has 59 heavy (non-hydrogen) atoms. The highest BCUT2D eigenvalue weighted by Gasteiger charge is 2.40. The first kappa shape index (κ1) is 50.1. The molecular weight excluding hydrogens is 793 g/mol. The van der Waals surface area contributed by atoms with Crippen LogP contribution in [0.15, 0.2) is 17.5 Å². The molecule has 332 valence electrons. The number of carboxylic acids is 1. The van der Waals surface area contributed by atoms with Gasteiger partial charge in [0.25, 0.3) is 0 Å². The molecular formula is C36H62N12O10S. The molecule has 6 amide bonds. The number of aliphatic carboxylic acids is 1. The molecule has 0 aliphatic carbocycles. The first-order valence-corrected chi connectivity index (χ1v) is 20.8. The fourth-order valence-electron chi connectivity index (χ4n) is 6.24. The number of aliphatic imine (C=N–C) groups is 1. The molecule has 0 bridgehead atoms. The Balaban J connectivity index is 2.36. The van der Waals surface area contributed by atoms with Crippen molar-refractivity contribution in [1.29, 1.82) is 0 Å². The molecule has 0 unspecified atom stereocenters. The molecule has 1 fully saturated rings. The van der Waals surface area contributed by atoms with E-state index in [9.17, 15) is 48.9 Å². The Morgan fingerprint density at radius 1 is 0.898 bits per heavy atom. The Kier molecular flexibility index (Phi) is 21.1. The number of rotatable bonds is 25. The average molecular weight is 855 g/mol. The van der Waals surface area contributed by atoms with Gasteiger partial charge >= 0.3 is 5.97 Å². The second-order valence-electron chi connectivity index (χ2n) is 14.9. The van der Waals surface area contributed by atoms with Crippen molar-refractivity contribution in [3.63, 3.8) is 0 Å². The van der Waals surface area contributed by atoms with E-state index >= 15 is 0 Å². The number of H-pyrrole nitrogens is 1. The van der Waals surface area contributed by atoms with Crippen LogP contribution in [0, 0.1) is 5.92 Å². The molecule has 1 aliphatic rings. The second kappa shape index (κ2) is 24.8. The van der Waals surface area contributed by atoms with Gasteiger partial charge in [-0.3, -0.25) is 33.8 Å². The molecule has 9 atom stereocenters. The van der Waals surface area contributed by atoms with Gasteiger partial charge in [0.2, 0.25) is 35.4 Å². The number of carbonyl (C=O) groups excluding carboxylic acids is 6. The van der Waals surface area contributed by atoms with E-state index in [2.05, 4.69) is 41.5 Å². The van der Waals surface area contributed by atoms with Gasteiger partial charge in [0, 0.05) is 31.4 Å². The summed E-state index contributed by atoms with van der Waals surface area (Å²) in [4.78, 5) is 106. The number of carbonyl (C=O) groups is 7. The van der Waals surface area contributed by atoms with E-state index in [-0.39, 0.29) is 63.5 Å². The maximum absolute atomic E-state index is 14.3. The molecule has 1 aromatic rings. The quantitative estimate of drug-likeness (QED) is 0.0257. The van der Waals surface area contributed by atoms with Crippen molar-refractivity contribution in [2.45, 2.75) is 127 Å². The zero-order chi connectivity index (χ0) is 44.4. The van der Waals surface area contributed by atoms with E-state index in [1.54, 1.807) is 20.1 Å². The number of nitrogens with zero attached hydrogens (tertiary/aromatic N) is 3. The van der Waals surface area contributed by atoms with Gasteiger partial charge in [-0.15, -0.1) is 0 Å². The zero-order valence-corrected chi connectivity index (χ0v) is 35.0. The van der Waals surface area contributed by atoms with Crippen LogP contribution in [-0.2, 0) is 40.0 Å². The third-order valence-corrected chi connectivity index (χ3v) is 10.1. The lowest BCUT2D eigenvalue weighted by atomic mass is 10.0. The lowest BCUT2D eigenvalue weighted by molar-refractivity contribution is -0.144. The van der Waals surface area contributed by atoms with Gasteiger partial charge in [0.05, 0.1) is 18.5 Å². The Labute approximate surface area is 347 Å². The highest BCUT2D eigenvalue weighted by Crippen LogP contribution is 2.21. The molecule has 1 aromatic heterocycles. The molecule has 23 heteroatoms. The monoisotopic (exact) mass is 854 g/mol. The van der Waals surface area contributed by atoms with Gasteiger partial charge < -0.3 is 69.0 Å². The third kappa shape index (κ3) is 16.6. The number of carboxylic acid groups (broad SMARTS) is 1. The molecule has 0 spiro atoms. The van der Waals surface area contributed by atoms with Gasteiger partial charge in [-0.25, -0.2) is 9.78 Å². The minimum Gasteiger partial charge on any atom is -0.480 e. The van der Waals surface area contributed by atoms with Crippen LogP contribution in [0.2, 0.25) is 0 Å². The fraction of sp³-hybridized carbons (Fsp3) is 0.694. The van der Waals surface area contributed by atoms with Crippen molar-refractivity contribution in [3.05, 3.63) is 18.2 Å². The standard InChI is InChI=1S/C36H62N12O10S/c1-18(2)14-25(35(57)58)46-29(51)22(8-6-11-41-36(38)39)43-31(53)26-9-7-12-48(26)34(56)24(15-21-16-40-17-42-21)45-30(52)23(10-13-59-5)44-33(55)28(20(4)50)47-32(54)27(37)19(3)49/h16-20,22-28,49-50H,6-15,37H2,1-5H3,(H,40,42)(H,43,53)(H,44,55)(H,45,52)(H,46,51)(H,47,54)(H,57,58)(H4,38,39,41)/t19-,20-,22+,23+,24+,25+,26+,27+,28+/m1/s1. The summed E-state index contributed by atoms with van der Waals surface area (Å²) < 4.78 is 0. The van der Waals surface area contributed by atoms with E-state index in [4.69, 9.17) is 17.2 Å². The number of aliphatic hydroxyl groups excluding tert-OH is 2. The zero-order valence-electron chi connectivity index (χ0n) is 34.2. The van der Waals surface area contributed by atoms with Crippen molar-refractivity contribution < 1.29 is 48.9 Å². The van der Waals surface area contributed by atoms with Gasteiger partial charge in [-0.05, 0) is 70.3 Å². The number of likely N-dealkylation sites (tertiary alicyclic amines) is 1. The summed E-state index contributed by atoms with van der Waals surface area (Å²) in [6.45, 7) is 6.39. The van der Waals surface area contributed by atoms with E-state index in [0.717, 1.165) is 0 Å². The van der Waals surface area contributed by atoms with E-state index in [1.165, 1.54) is 43.0 Å². The highest BCUT2D eigenvalue weighted by molar-refractivity contribution is 7.98. The molecule has 2 rings (SSSR count). The van der Waals surface area contributed by atoms with Crippen molar-refractivity contribution in [3.8, 4) is 0 Å². The van der Waals surface area contributed by atoms with E-state index < -0.39 is 95.9 Å². The highest BCUT2D eigenvalue weighted by atomic mass is 32.2. The number of aromatic nitrogens is 2. The number of guanidine groups is 1. The molecule has 0 saturated carbocycles. The normalized spacial score (nSPS) is 17.9. The first-order chi connectivity index (χ1) is 27.8. The largest absolute Gasteiger partial charge is 0.480 e. The van der Waals surface area contributed by atoms with Crippen LogP contribution in [0.3, 0.4) is 0 Å². The number of nitrogens with one attached hydrogen (secondary N) is 6. The molecule has 15 N–H and O–H groups in total. The van der Waals surface area contributed by atoms with Crippen LogP contribution in [0.4, 0.5) is 0 Å². The number of hydrogen-bond donors (Lipinski definition) is 12. The number of hydrogen-bond acceptors (Lipinski definition) is 13. The number of thioether (sulfide) groups is 1. The van der Waals surface area contributed by atoms with Crippen LogP contribution in [0.1, 0.15) is 71.9 Å². The Bertz CT molecular complexity index is 1590. The number of amides is 6. The van der Waals surface area contributed by atoms with Crippen molar-refractivity contribution in [2.75, 3.05) is 25.1 Å². The molecule has 1 saturated heterocycles. The number of aromatic amines is 1. The van der Waals surface area contributed by atoms with Crippen LogP contribution in [0.25, 0.3) is 0 Å². The fourth-order valence-corrected chi connectivity index (χ4v) is 6.71. The Morgan fingerprint density at radius 2 is 1.53 bits per heavy atom. The summed E-state index contributed by atoms with van der Waals surface area (Å²) in [5, 5.41) is 42.5. The molecule has 22 nitrogen and oxygen atoms in total. The van der Waals surface area contributed by atoms with Gasteiger partial charge in [-0.2, -0.15) is 11.8 Å². The van der Waals surface area contributed by atoms with Crippen molar-refractivity contribution in [2.24, 2.45) is 28.1 Å². The summed E-state index contributed by atoms with van der Waals surface area (Å²) in [5.41, 5.74) is 17.0. The van der Waals surface area contributed by atoms with Crippen molar-refractivity contribution >= 4 is 59.1 Å². The number of imidazole rings is 1. The maximum Gasteiger partial charge on any atom is 0.326 e.